The van der Waals surface area contributed by atoms with Crippen molar-refractivity contribution in [3.8, 4) is 0 Å². The molecule has 0 saturated carbocycles. The van der Waals surface area contributed by atoms with Gasteiger partial charge in [0.15, 0.2) is 0 Å². The second kappa shape index (κ2) is 13.0. The number of nitrogens with zero attached hydrogens (tertiary/aromatic N) is 1. The van der Waals surface area contributed by atoms with Gasteiger partial charge in [0.25, 0.3) is 0 Å². The fourth-order valence-electron chi connectivity index (χ4n) is 3.89. The Morgan fingerprint density at radius 3 is 1.85 bits per heavy atom. The third-order valence-electron chi connectivity index (χ3n) is 5.49. The average Bonchev–Trinajstić information content (AvgIpc) is 2.79. The number of ether oxygens (including phenoxy) is 1. The number of hydrogen-bond acceptors (Lipinski definition) is 3. The van der Waals surface area contributed by atoms with Gasteiger partial charge in [-0.25, -0.2) is 4.79 Å². The maximum absolute atomic E-state index is 12.6. The lowest BCUT2D eigenvalue weighted by molar-refractivity contribution is 0.0443. The van der Waals surface area contributed by atoms with E-state index in [-0.39, 0.29) is 28.3 Å². The maximum atomic E-state index is 12.6. The predicted molar refractivity (Wildman–Crippen MR) is 137 cm³/mol. The van der Waals surface area contributed by atoms with Crippen molar-refractivity contribution < 1.29 is 9.53 Å². The summed E-state index contributed by atoms with van der Waals surface area (Å²) in [5.74, 6) is -0.533. The highest BCUT2D eigenvalue weighted by molar-refractivity contribution is 6.41. The maximum Gasteiger partial charge on any atom is 0.341 e. The zero-order chi connectivity index (χ0) is 23.6. The van der Waals surface area contributed by atoms with Crippen LogP contribution in [0.5, 0.6) is 0 Å². The first-order valence-electron chi connectivity index (χ1n) is 11.1. The van der Waals surface area contributed by atoms with Gasteiger partial charge in [0.05, 0.1) is 22.2 Å². The van der Waals surface area contributed by atoms with Crippen LogP contribution in [0.15, 0.2) is 72.8 Å². The van der Waals surface area contributed by atoms with Crippen molar-refractivity contribution in [2.75, 3.05) is 6.61 Å². The predicted octanol–water partition coefficient (Wildman–Crippen LogP) is 8.06. The van der Waals surface area contributed by atoms with E-state index >= 15 is 0 Å². The van der Waals surface area contributed by atoms with Crippen molar-refractivity contribution in [2.24, 2.45) is 0 Å². The summed E-state index contributed by atoms with van der Waals surface area (Å²) >= 11 is 18.3. The average molecular weight is 505 g/mol. The summed E-state index contributed by atoms with van der Waals surface area (Å²) in [5, 5.41) is 0.761. The summed E-state index contributed by atoms with van der Waals surface area (Å²) in [4.78, 5) is 15.1. The minimum absolute atomic E-state index is 0.153. The van der Waals surface area contributed by atoms with Crippen molar-refractivity contribution in [1.82, 2.24) is 4.90 Å². The van der Waals surface area contributed by atoms with Gasteiger partial charge in [-0.2, -0.15) is 0 Å². The molecule has 0 aliphatic heterocycles. The normalized spacial score (nSPS) is 12.0. The molecule has 3 aromatic carbocycles. The van der Waals surface area contributed by atoms with Crippen LogP contribution in [0.1, 0.15) is 47.7 Å². The molecule has 174 valence electrons. The van der Waals surface area contributed by atoms with Crippen LogP contribution in [-0.2, 0) is 17.8 Å². The number of hydrogen-bond donors (Lipinski definition) is 0. The van der Waals surface area contributed by atoms with Crippen LogP contribution in [0.4, 0.5) is 0 Å². The topological polar surface area (TPSA) is 29.5 Å². The van der Waals surface area contributed by atoms with E-state index in [4.69, 9.17) is 39.5 Å². The van der Waals surface area contributed by atoms with Gasteiger partial charge in [-0.3, -0.25) is 4.90 Å². The van der Waals surface area contributed by atoms with E-state index in [0.29, 0.717) is 11.4 Å². The molecule has 3 aromatic rings. The second-order valence-electron chi connectivity index (χ2n) is 7.99. The molecule has 0 heterocycles. The van der Waals surface area contributed by atoms with E-state index in [0.717, 1.165) is 25.9 Å². The van der Waals surface area contributed by atoms with Crippen molar-refractivity contribution in [1.29, 1.82) is 0 Å². The largest absolute Gasteiger partial charge is 0.462 e. The summed E-state index contributed by atoms with van der Waals surface area (Å²) in [6.45, 7) is 4.10. The molecule has 0 N–H and O–H groups in total. The zero-order valence-electron chi connectivity index (χ0n) is 18.6. The van der Waals surface area contributed by atoms with E-state index in [1.807, 2.05) is 12.1 Å². The standard InChI is InChI=1S/C27H28Cl3NO2/c1-2-9-23(14-15-33-27(32)26-24(29)16-22(28)17-25(26)30)31(18-20-10-5-3-6-11-20)19-21-12-7-4-8-13-21/h3-8,10-13,16-17,23H,2,9,14-15,18-19H2,1H3/t23-/m1/s1. The van der Waals surface area contributed by atoms with Crippen LogP contribution in [0.3, 0.4) is 0 Å². The number of benzene rings is 3. The molecule has 3 nitrogen and oxygen atoms in total. The minimum Gasteiger partial charge on any atom is -0.462 e. The van der Waals surface area contributed by atoms with E-state index < -0.39 is 5.97 Å². The smallest absolute Gasteiger partial charge is 0.341 e. The fraction of sp³-hybridized carbons (Fsp3) is 0.296. The summed E-state index contributed by atoms with van der Waals surface area (Å²) < 4.78 is 5.58. The van der Waals surface area contributed by atoms with E-state index in [1.165, 1.54) is 23.3 Å². The van der Waals surface area contributed by atoms with Crippen molar-refractivity contribution in [3.05, 3.63) is 105 Å². The molecule has 0 unspecified atom stereocenters. The molecule has 33 heavy (non-hydrogen) atoms. The number of rotatable bonds is 11. The van der Waals surface area contributed by atoms with Gasteiger partial charge >= 0.3 is 5.97 Å². The van der Waals surface area contributed by atoms with Crippen molar-refractivity contribution >= 4 is 40.8 Å². The molecule has 0 radical (unpaired) electrons. The SMILES string of the molecule is CCC[C@H](CCOC(=O)c1c(Cl)cc(Cl)cc1Cl)N(Cc1ccccc1)Cc1ccccc1. The van der Waals surface area contributed by atoms with Gasteiger partial charge in [-0.15, -0.1) is 0 Å². The van der Waals surface area contributed by atoms with Crippen molar-refractivity contribution in [2.45, 2.75) is 45.3 Å². The van der Waals surface area contributed by atoms with E-state index in [1.54, 1.807) is 0 Å². The molecular weight excluding hydrogens is 477 g/mol. The monoisotopic (exact) mass is 503 g/mol. The molecule has 6 heteroatoms. The Labute approximate surface area is 211 Å². The molecule has 0 spiro atoms. The Balaban J connectivity index is 1.71. The molecule has 0 bridgehead atoms. The van der Waals surface area contributed by atoms with Crippen LogP contribution in [0.2, 0.25) is 15.1 Å². The molecule has 0 aliphatic carbocycles. The molecule has 1 atom stereocenters. The van der Waals surface area contributed by atoms with Gasteiger partial charge in [-0.1, -0.05) is 109 Å². The lowest BCUT2D eigenvalue weighted by atomic mass is 10.0. The third-order valence-corrected chi connectivity index (χ3v) is 6.30. The Morgan fingerprint density at radius 1 is 0.848 bits per heavy atom. The first-order chi connectivity index (χ1) is 16.0. The Bertz CT molecular complexity index is 964. The molecule has 0 aliphatic rings. The van der Waals surface area contributed by atoms with Crippen molar-refractivity contribution in [3.63, 3.8) is 0 Å². The Kier molecular flexibility index (Phi) is 10.1. The molecule has 0 amide bonds. The highest BCUT2D eigenvalue weighted by atomic mass is 35.5. The van der Waals surface area contributed by atoms with E-state index in [2.05, 4.69) is 60.4 Å². The lowest BCUT2D eigenvalue weighted by Crippen LogP contribution is -2.35. The molecule has 0 saturated heterocycles. The second-order valence-corrected chi connectivity index (χ2v) is 9.24. The summed E-state index contributed by atoms with van der Waals surface area (Å²) in [6.07, 6.45) is 2.75. The molecule has 0 fully saturated rings. The van der Waals surface area contributed by atoms with Gasteiger partial charge < -0.3 is 4.74 Å². The third kappa shape index (κ3) is 7.75. The first-order valence-corrected chi connectivity index (χ1v) is 12.2. The number of halogens is 3. The Morgan fingerprint density at radius 2 is 1.36 bits per heavy atom. The van der Waals surface area contributed by atoms with Crippen LogP contribution >= 0.6 is 34.8 Å². The summed E-state index contributed by atoms with van der Waals surface area (Å²) in [6, 6.07) is 24.1. The van der Waals surface area contributed by atoms with Gasteiger partial charge in [0.1, 0.15) is 0 Å². The first kappa shape index (κ1) is 25.6. The van der Waals surface area contributed by atoms with Crippen LogP contribution in [0.25, 0.3) is 0 Å². The Hall–Kier alpha value is -2.04. The number of esters is 1. The minimum atomic E-state index is -0.533. The van der Waals surface area contributed by atoms with Crippen LogP contribution < -0.4 is 0 Å². The molecule has 0 aromatic heterocycles. The zero-order valence-corrected chi connectivity index (χ0v) is 20.9. The summed E-state index contributed by atoms with van der Waals surface area (Å²) in [5.41, 5.74) is 2.66. The lowest BCUT2D eigenvalue weighted by Gasteiger charge is -2.32. The number of carbonyl (C=O) groups is 1. The quantitative estimate of drug-likeness (QED) is 0.247. The van der Waals surface area contributed by atoms with E-state index in [9.17, 15) is 4.79 Å². The van der Waals surface area contributed by atoms with Crippen LogP contribution in [0, 0.1) is 0 Å². The van der Waals surface area contributed by atoms with Gasteiger partial charge in [0.2, 0.25) is 0 Å². The number of carbonyl (C=O) groups excluding carboxylic acids is 1. The highest BCUT2D eigenvalue weighted by Crippen LogP contribution is 2.29. The van der Waals surface area contributed by atoms with Gasteiger partial charge in [-0.05, 0) is 36.1 Å². The molecular formula is C27H28Cl3NO2. The molecule has 3 rings (SSSR count). The highest BCUT2D eigenvalue weighted by Gasteiger charge is 2.21. The van der Waals surface area contributed by atoms with Gasteiger partial charge in [0, 0.05) is 24.2 Å². The fourth-order valence-corrected chi connectivity index (χ4v) is 4.86. The summed E-state index contributed by atoms with van der Waals surface area (Å²) in [7, 11) is 0. The van der Waals surface area contributed by atoms with Crippen LogP contribution in [-0.4, -0.2) is 23.5 Å².